The van der Waals surface area contributed by atoms with E-state index in [4.69, 9.17) is 4.98 Å². The highest BCUT2D eigenvalue weighted by Gasteiger charge is 2.20. The number of carbonyl (C=O) groups is 1. The molecule has 2 aliphatic heterocycles. The highest BCUT2D eigenvalue weighted by atomic mass is 32.1. The number of nitrogens with zero attached hydrogens (tertiary/aromatic N) is 2. The summed E-state index contributed by atoms with van der Waals surface area (Å²) < 4.78 is 0. The molecule has 0 spiro atoms. The number of piperidine rings is 1. The minimum atomic E-state index is 0.111. The Balaban J connectivity index is 1.58. The number of hydrogen-bond acceptors (Lipinski definition) is 4. The Morgan fingerprint density at radius 3 is 3.13 bits per heavy atom. The minimum Gasteiger partial charge on any atom is -0.348 e. The van der Waals surface area contributed by atoms with Gasteiger partial charge in [-0.05, 0) is 42.9 Å². The third-order valence-corrected chi connectivity index (χ3v) is 5.62. The highest BCUT2D eigenvalue weighted by Crippen LogP contribution is 2.33. The fraction of sp³-hybridized carbons (Fsp3) is 0.444. The van der Waals surface area contributed by atoms with E-state index < -0.39 is 0 Å². The van der Waals surface area contributed by atoms with Gasteiger partial charge < -0.3 is 10.2 Å². The van der Waals surface area contributed by atoms with Crippen molar-refractivity contribution in [3.63, 3.8) is 0 Å². The van der Waals surface area contributed by atoms with Crippen LogP contribution in [0.15, 0.2) is 23.6 Å². The smallest absolute Gasteiger partial charge is 0.224 e. The van der Waals surface area contributed by atoms with Crippen LogP contribution in [0.25, 0.3) is 11.3 Å². The van der Waals surface area contributed by atoms with Crippen molar-refractivity contribution in [2.75, 3.05) is 23.3 Å². The number of rotatable bonds is 2. The lowest BCUT2D eigenvalue weighted by Crippen LogP contribution is -2.34. The summed E-state index contributed by atoms with van der Waals surface area (Å²) >= 11 is 1.74. The van der Waals surface area contributed by atoms with Crippen molar-refractivity contribution in [2.45, 2.75) is 32.6 Å². The second kappa shape index (κ2) is 5.96. The first-order valence-electron chi connectivity index (χ1n) is 8.32. The minimum absolute atomic E-state index is 0.111. The third kappa shape index (κ3) is 2.98. The van der Waals surface area contributed by atoms with E-state index in [9.17, 15) is 4.79 Å². The first kappa shape index (κ1) is 14.7. The fourth-order valence-electron chi connectivity index (χ4n) is 3.45. The molecule has 1 saturated heterocycles. The summed E-state index contributed by atoms with van der Waals surface area (Å²) in [5, 5.41) is 6.22. The third-order valence-electron chi connectivity index (χ3n) is 4.72. The molecular weight excluding hydrogens is 306 g/mol. The largest absolute Gasteiger partial charge is 0.348 e. The molecule has 1 aromatic heterocycles. The van der Waals surface area contributed by atoms with E-state index >= 15 is 0 Å². The number of fused-ring (bicyclic) bond motifs is 1. The average Bonchev–Trinajstić information content (AvgIpc) is 3.04. The van der Waals surface area contributed by atoms with Gasteiger partial charge in [-0.25, -0.2) is 4.98 Å². The van der Waals surface area contributed by atoms with Gasteiger partial charge in [-0.1, -0.05) is 13.0 Å². The highest BCUT2D eigenvalue weighted by molar-refractivity contribution is 7.14. The second-order valence-corrected chi connectivity index (χ2v) is 7.47. The molecule has 23 heavy (non-hydrogen) atoms. The van der Waals surface area contributed by atoms with E-state index in [1.54, 1.807) is 11.3 Å². The summed E-state index contributed by atoms with van der Waals surface area (Å²) in [4.78, 5) is 18.7. The maximum absolute atomic E-state index is 11.5. The lowest BCUT2D eigenvalue weighted by Gasteiger charge is -2.30. The van der Waals surface area contributed by atoms with E-state index in [1.807, 2.05) is 6.07 Å². The van der Waals surface area contributed by atoms with Crippen LogP contribution in [0.3, 0.4) is 0 Å². The van der Waals surface area contributed by atoms with Crippen molar-refractivity contribution in [2.24, 2.45) is 5.92 Å². The molecule has 1 fully saturated rings. The number of aryl methyl sites for hydroxylation is 1. The van der Waals surface area contributed by atoms with Gasteiger partial charge in [0.25, 0.3) is 0 Å². The Bertz CT molecular complexity index is 740. The molecule has 0 radical (unpaired) electrons. The summed E-state index contributed by atoms with van der Waals surface area (Å²) in [6.45, 7) is 4.55. The van der Waals surface area contributed by atoms with Crippen LogP contribution in [-0.2, 0) is 11.2 Å². The van der Waals surface area contributed by atoms with Crippen molar-refractivity contribution < 1.29 is 4.79 Å². The van der Waals surface area contributed by atoms with Gasteiger partial charge in [0, 0.05) is 36.1 Å². The Morgan fingerprint density at radius 2 is 2.26 bits per heavy atom. The zero-order chi connectivity index (χ0) is 15.8. The SMILES string of the molecule is CC1CCCN(c2nc(-c3ccc4c(c3)CCC(=O)N4)cs2)C1. The quantitative estimate of drug-likeness (QED) is 0.909. The van der Waals surface area contributed by atoms with Crippen molar-refractivity contribution in [3.05, 3.63) is 29.1 Å². The van der Waals surface area contributed by atoms with Crippen LogP contribution in [0.5, 0.6) is 0 Å². The van der Waals surface area contributed by atoms with E-state index in [-0.39, 0.29) is 5.91 Å². The molecule has 4 nitrogen and oxygen atoms in total. The normalized spacial score (nSPS) is 21.0. The van der Waals surface area contributed by atoms with Gasteiger partial charge in [-0.2, -0.15) is 0 Å². The average molecular weight is 327 g/mol. The van der Waals surface area contributed by atoms with Gasteiger partial charge in [0.15, 0.2) is 5.13 Å². The summed E-state index contributed by atoms with van der Waals surface area (Å²) in [6.07, 6.45) is 3.97. The molecule has 1 atom stereocenters. The van der Waals surface area contributed by atoms with Crippen LogP contribution < -0.4 is 10.2 Å². The lowest BCUT2D eigenvalue weighted by atomic mass is 9.99. The molecule has 1 N–H and O–H groups in total. The van der Waals surface area contributed by atoms with Crippen molar-refractivity contribution >= 4 is 28.1 Å². The monoisotopic (exact) mass is 327 g/mol. The molecule has 120 valence electrons. The van der Waals surface area contributed by atoms with E-state index in [1.165, 1.54) is 18.4 Å². The Labute approximate surface area is 140 Å². The summed E-state index contributed by atoms with van der Waals surface area (Å²) in [7, 11) is 0. The molecule has 5 heteroatoms. The summed E-state index contributed by atoms with van der Waals surface area (Å²) in [5.41, 5.74) is 4.35. The standard InChI is InChI=1S/C18H21N3OS/c1-12-3-2-8-21(10-12)18-20-16(11-23-18)14-4-6-15-13(9-14)5-7-17(22)19-15/h4,6,9,11-12H,2-3,5,7-8,10H2,1H3,(H,19,22). The van der Waals surface area contributed by atoms with Crippen molar-refractivity contribution in [3.8, 4) is 11.3 Å². The van der Waals surface area contributed by atoms with E-state index in [2.05, 4.69) is 34.7 Å². The molecule has 1 aromatic carbocycles. The topological polar surface area (TPSA) is 45.2 Å². The van der Waals surface area contributed by atoms with Crippen LogP contribution in [-0.4, -0.2) is 24.0 Å². The molecule has 0 saturated carbocycles. The number of anilines is 2. The number of thiazole rings is 1. The number of amides is 1. The van der Waals surface area contributed by atoms with Gasteiger partial charge >= 0.3 is 0 Å². The summed E-state index contributed by atoms with van der Waals surface area (Å²) in [5.74, 6) is 0.865. The van der Waals surface area contributed by atoms with Crippen LogP contribution in [0.2, 0.25) is 0 Å². The number of aromatic nitrogens is 1. The second-order valence-electron chi connectivity index (χ2n) is 6.63. The zero-order valence-corrected chi connectivity index (χ0v) is 14.2. The predicted molar refractivity (Wildman–Crippen MR) is 95.1 cm³/mol. The Morgan fingerprint density at radius 1 is 1.35 bits per heavy atom. The number of benzene rings is 1. The maximum atomic E-state index is 11.5. The first-order valence-corrected chi connectivity index (χ1v) is 9.20. The van der Waals surface area contributed by atoms with E-state index in [0.717, 1.165) is 47.5 Å². The van der Waals surface area contributed by atoms with Gasteiger partial charge in [0.05, 0.1) is 5.69 Å². The van der Waals surface area contributed by atoms with Crippen LogP contribution in [0, 0.1) is 5.92 Å². The predicted octanol–water partition coefficient (Wildman–Crippen LogP) is 3.93. The fourth-order valence-corrected chi connectivity index (χ4v) is 4.32. The number of nitrogens with one attached hydrogen (secondary N) is 1. The summed E-state index contributed by atoms with van der Waals surface area (Å²) in [6, 6.07) is 6.23. The molecule has 0 bridgehead atoms. The number of carbonyl (C=O) groups excluding carboxylic acids is 1. The lowest BCUT2D eigenvalue weighted by molar-refractivity contribution is -0.116. The van der Waals surface area contributed by atoms with Crippen molar-refractivity contribution in [1.29, 1.82) is 0 Å². The maximum Gasteiger partial charge on any atom is 0.224 e. The number of hydrogen-bond donors (Lipinski definition) is 1. The molecule has 4 rings (SSSR count). The van der Waals surface area contributed by atoms with Crippen molar-refractivity contribution in [1.82, 2.24) is 4.98 Å². The Hall–Kier alpha value is -1.88. The van der Waals surface area contributed by atoms with Gasteiger partial charge in [-0.3, -0.25) is 4.79 Å². The molecular formula is C18H21N3OS. The van der Waals surface area contributed by atoms with Gasteiger partial charge in [0.1, 0.15) is 0 Å². The Kier molecular flexibility index (Phi) is 3.81. The van der Waals surface area contributed by atoms with Crippen LogP contribution >= 0.6 is 11.3 Å². The van der Waals surface area contributed by atoms with Crippen LogP contribution in [0.1, 0.15) is 31.7 Å². The van der Waals surface area contributed by atoms with Crippen LogP contribution in [0.4, 0.5) is 10.8 Å². The molecule has 2 aromatic rings. The first-order chi connectivity index (χ1) is 11.2. The van der Waals surface area contributed by atoms with Gasteiger partial charge in [0.2, 0.25) is 5.91 Å². The molecule has 1 amide bonds. The van der Waals surface area contributed by atoms with Gasteiger partial charge in [-0.15, -0.1) is 11.3 Å². The molecule has 3 heterocycles. The zero-order valence-electron chi connectivity index (χ0n) is 13.3. The molecule has 0 aliphatic carbocycles. The molecule has 1 unspecified atom stereocenters. The molecule has 2 aliphatic rings. The van der Waals surface area contributed by atoms with E-state index in [0.29, 0.717) is 6.42 Å².